The zero-order chi connectivity index (χ0) is 36.6. The molecule has 8 aromatic carbocycles. The minimum atomic E-state index is 0.562. The van der Waals surface area contributed by atoms with Gasteiger partial charge in [-0.15, -0.1) is 0 Å². The normalized spacial score (nSPS) is 11.6. The van der Waals surface area contributed by atoms with Gasteiger partial charge in [-0.05, 0) is 66.2 Å². The topological polar surface area (TPSA) is 23.5 Å². The van der Waals surface area contributed by atoms with E-state index < -0.39 is 0 Å². The van der Waals surface area contributed by atoms with Crippen molar-refractivity contribution < 1.29 is 0 Å². The summed E-state index contributed by atoms with van der Waals surface area (Å²) in [6.07, 6.45) is 0. The zero-order valence-electron chi connectivity index (χ0n) is 29.5. The molecule has 11 rings (SSSR count). The van der Waals surface area contributed by atoms with Gasteiger partial charge in [0.25, 0.3) is 0 Å². The second-order valence-electron chi connectivity index (χ2n) is 13.9. The summed E-state index contributed by atoms with van der Waals surface area (Å²) < 4.78 is 6.95. The van der Waals surface area contributed by atoms with Crippen LogP contribution in [0.1, 0.15) is 0 Å². The van der Waals surface area contributed by atoms with Crippen LogP contribution >= 0.6 is 0 Å². The molecule has 5 heteroatoms. The van der Waals surface area contributed by atoms with Gasteiger partial charge in [0, 0.05) is 60.5 Å². The van der Waals surface area contributed by atoms with Crippen LogP contribution in [0.15, 0.2) is 176 Å². The first-order valence-electron chi connectivity index (χ1n) is 18.3. The molecule has 0 aliphatic heterocycles. The number of benzene rings is 8. The number of para-hydroxylation sites is 4. The predicted molar refractivity (Wildman–Crippen MR) is 227 cm³/mol. The van der Waals surface area contributed by atoms with Crippen molar-refractivity contribution in [2.24, 2.45) is 0 Å². The van der Waals surface area contributed by atoms with Crippen LogP contribution in [0.25, 0.3) is 103 Å². The molecule has 0 atom stereocenters. The van der Waals surface area contributed by atoms with E-state index in [0.29, 0.717) is 11.4 Å². The smallest absolute Gasteiger partial charge is 0.189 e. The Bertz CT molecular complexity index is 3400. The standard InChI is InChI=1S/C50H29N5/c1-51-33-21-26-37(48(29-33)55-47-18-10-6-14-41(47)42-27-22-34(52-2)30-49(42)55)32-19-23-35(24-20-32)53-44-15-7-5-13-40(44)43-28-25-36(31-50(43)53)54-45-16-8-3-11-38(45)39-12-4-9-17-46(39)54/h3-31H. The Hall–Kier alpha value is -7.86. The highest BCUT2D eigenvalue weighted by molar-refractivity contribution is 6.13. The highest BCUT2D eigenvalue weighted by Gasteiger charge is 2.19. The Morgan fingerprint density at radius 3 is 1.31 bits per heavy atom. The van der Waals surface area contributed by atoms with Crippen molar-refractivity contribution >= 4 is 76.8 Å². The van der Waals surface area contributed by atoms with E-state index in [1.54, 1.807) is 0 Å². The maximum Gasteiger partial charge on any atom is 0.189 e. The van der Waals surface area contributed by atoms with Gasteiger partial charge in [0.15, 0.2) is 11.4 Å². The lowest BCUT2D eigenvalue weighted by atomic mass is 10.0. The maximum absolute atomic E-state index is 7.88. The first-order valence-corrected chi connectivity index (χ1v) is 18.3. The fraction of sp³-hybridized carbons (Fsp3) is 0. The third-order valence-corrected chi connectivity index (χ3v) is 11.1. The van der Waals surface area contributed by atoms with Crippen molar-refractivity contribution in [1.82, 2.24) is 13.7 Å². The van der Waals surface area contributed by atoms with Gasteiger partial charge in [-0.2, -0.15) is 0 Å². The number of nitrogens with zero attached hydrogens (tertiary/aromatic N) is 5. The molecule has 3 heterocycles. The average molecular weight is 700 g/mol. The fourth-order valence-corrected chi connectivity index (χ4v) is 8.67. The van der Waals surface area contributed by atoms with E-state index in [2.05, 4.69) is 157 Å². The molecule has 55 heavy (non-hydrogen) atoms. The number of aromatic nitrogens is 3. The zero-order valence-corrected chi connectivity index (χ0v) is 29.5. The molecule has 254 valence electrons. The van der Waals surface area contributed by atoms with Crippen molar-refractivity contribution in [3.8, 4) is 28.2 Å². The SMILES string of the molecule is [C-]#[N+]c1ccc(-c2ccc(-n3c4ccccc4c4ccc(-n5c6ccccc6c6ccccc65)cc43)cc2)c(-n2c3ccccc3c3ccc([N+]#[C-])cc32)c1. The van der Waals surface area contributed by atoms with Crippen molar-refractivity contribution in [3.63, 3.8) is 0 Å². The summed E-state index contributed by atoms with van der Waals surface area (Å²) in [4.78, 5) is 7.57. The molecule has 0 spiro atoms. The van der Waals surface area contributed by atoms with Crippen LogP contribution in [-0.2, 0) is 0 Å². The van der Waals surface area contributed by atoms with E-state index in [-0.39, 0.29) is 0 Å². The van der Waals surface area contributed by atoms with Gasteiger partial charge >= 0.3 is 0 Å². The molecular formula is C50H29N5. The van der Waals surface area contributed by atoms with E-state index in [4.69, 9.17) is 13.1 Å². The molecule has 0 N–H and O–H groups in total. The molecule has 0 bridgehead atoms. The summed E-state index contributed by atoms with van der Waals surface area (Å²) in [5, 5.41) is 7.07. The number of rotatable bonds is 4. The summed E-state index contributed by atoms with van der Waals surface area (Å²) >= 11 is 0. The Kier molecular flexibility index (Phi) is 6.61. The lowest BCUT2D eigenvalue weighted by molar-refractivity contribution is 1.15. The summed E-state index contributed by atoms with van der Waals surface area (Å²) in [5.74, 6) is 0. The molecule has 0 saturated heterocycles. The number of hydrogen-bond donors (Lipinski definition) is 0. The molecule has 0 fully saturated rings. The minimum absolute atomic E-state index is 0.562. The lowest BCUT2D eigenvalue weighted by Crippen LogP contribution is -1.98. The quantitative estimate of drug-likeness (QED) is 0.163. The Morgan fingerprint density at radius 2 is 0.745 bits per heavy atom. The Balaban J connectivity index is 1.11. The van der Waals surface area contributed by atoms with E-state index in [0.717, 1.165) is 61.0 Å². The van der Waals surface area contributed by atoms with E-state index >= 15 is 0 Å². The molecule has 3 aromatic heterocycles. The van der Waals surface area contributed by atoms with Gasteiger partial charge in [0.2, 0.25) is 0 Å². The molecule has 0 unspecified atom stereocenters. The first-order chi connectivity index (χ1) is 27.2. The molecule has 5 nitrogen and oxygen atoms in total. The van der Waals surface area contributed by atoms with Gasteiger partial charge in [-0.1, -0.05) is 115 Å². The number of hydrogen-bond acceptors (Lipinski definition) is 0. The van der Waals surface area contributed by atoms with Crippen LogP contribution in [0, 0.1) is 13.1 Å². The highest BCUT2D eigenvalue weighted by atomic mass is 15.0. The monoisotopic (exact) mass is 699 g/mol. The van der Waals surface area contributed by atoms with E-state index in [1.807, 2.05) is 42.5 Å². The summed E-state index contributed by atoms with van der Waals surface area (Å²) in [6, 6.07) is 61.6. The first kappa shape index (κ1) is 30.7. The molecule has 0 amide bonds. The van der Waals surface area contributed by atoms with Crippen LogP contribution in [0.5, 0.6) is 0 Å². The van der Waals surface area contributed by atoms with Crippen LogP contribution in [-0.4, -0.2) is 13.7 Å². The van der Waals surface area contributed by atoms with Crippen molar-refractivity contribution in [3.05, 3.63) is 199 Å². The van der Waals surface area contributed by atoms with Gasteiger partial charge in [0.1, 0.15) is 0 Å². The van der Waals surface area contributed by atoms with Gasteiger partial charge in [-0.25, -0.2) is 9.69 Å². The van der Waals surface area contributed by atoms with Crippen LogP contribution in [0.3, 0.4) is 0 Å². The third kappa shape index (κ3) is 4.51. The highest BCUT2D eigenvalue weighted by Crippen LogP contribution is 2.41. The Labute approximate surface area is 316 Å². The molecule has 0 saturated carbocycles. The second-order valence-corrected chi connectivity index (χ2v) is 13.9. The summed E-state index contributed by atoms with van der Waals surface area (Å²) in [6.45, 7) is 15.6. The molecule has 0 aliphatic carbocycles. The van der Waals surface area contributed by atoms with Gasteiger partial charge in [-0.3, -0.25) is 0 Å². The van der Waals surface area contributed by atoms with Crippen molar-refractivity contribution in [1.29, 1.82) is 0 Å². The van der Waals surface area contributed by atoms with Crippen LogP contribution < -0.4 is 0 Å². The largest absolute Gasteiger partial charge is 0.311 e. The Morgan fingerprint density at radius 1 is 0.327 bits per heavy atom. The van der Waals surface area contributed by atoms with Gasteiger partial charge < -0.3 is 13.7 Å². The third-order valence-electron chi connectivity index (χ3n) is 11.1. The number of fused-ring (bicyclic) bond motifs is 9. The predicted octanol–water partition coefficient (Wildman–Crippen LogP) is 13.7. The fourth-order valence-electron chi connectivity index (χ4n) is 8.67. The molecule has 11 aromatic rings. The maximum atomic E-state index is 7.88. The van der Waals surface area contributed by atoms with Crippen molar-refractivity contribution in [2.45, 2.75) is 0 Å². The molecular weight excluding hydrogens is 671 g/mol. The lowest BCUT2D eigenvalue weighted by Gasteiger charge is -2.16. The molecule has 0 radical (unpaired) electrons. The van der Waals surface area contributed by atoms with Crippen molar-refractivity contribution in [2.75, 3.05) is 0 Å². The average Bonchev–Trinajstić information content (AvgIpc) is 3.88. The van der Waals surface area contributed by atoms with Gasteiger partial charge in [0.05, 0.1) is 40.7 Å². The van der Waals surface area contributed by atoms with E-state index in [9.17, 15) is 0 Å². The molecule has 0 aliphatic rings. The van der Waals surface area contributed by atoms with Crippen LogP contribution in [0.4, 0.5) is 11.4 Å². The summed E-state index contributed by atoms with van der Waals surface area (Å²) in [5.41, 5.74) is 12.9. The van der Waals surface area contributed by atoms with Crippen LogP contribution in [0.2, 0.25) is 0 Å². The van der Waals surface area contributed by atoms with E-state index in [1.165, 1.54) is 32.6 Å². The second kappa shape index (κ2) is 11.8. The minimum Gasteiger partial charge on any atom is -0.311 e. The summed E-state index contributed by atoms with van der Waals surface area (Å²) in [7, 11) is 0.